The highest BCUT2D eigenvalue weighted by Gasteiger charge is 2.29. The highest BCUT2D eigenvalue weighted by atomic mass is 35.5. The number of halogens is 1. The maximum Gasteiger partial charge on any atom is 0.120 e. The highest BCUT2D eigenvalue weighted by Crippen LogP contribution is 2.27. The largest absolute Gasteiger partial charge is 0.490 e. The molecule has 0 aliphatic carbocycles. The van der Waals surface area contributed by atoms with Crippen LogP contribution in [0.1, 0.15) is 25.8 Å². The van der Waals surface area contributed by atoms with Gasteiger partial charge in [-0.15, -0.1) is 0 Å². The van der Waals surface area contributed by atoms with Crippen LogP contribution in [0.15, 0.2) is 18.2 Å². The third-order valence-electron chi connectivity index (χ3n) is 3.62. The van der Waals surface area contributed by atoms with Crippen LogP contribution in [0.2, 0.25) is 5.02 Å². The first-order chi connectivity index (χ1) is 8.58. The van der Waals surface area contributed by atoms with Gasteiger partial charge < -0.3 is 10.1 Å². The Labute approximate surface area is 115 Å². The topological polar surface area (TPSA) is 21.3 Å². The van der Waals surface area contributed by atoms with Crippen LogP contribution in [-0.4, -0.2) is 19.2 Å². The van der Waals surface area contributed by atoms with Crippen molar-refractivity contribution >= 4 is 11.6 Å². The fraction of sp³-hybridized carbons (Fsp3) is 0.600. The summed E-state index contributed by atoms with van der Waals surface area (Å²) in [4.78, 5) is 0. The summed E-state index contributed by atoms with van der Waals surface area (Å²) in [7, 11) is 0. The average Bonchev–Trinajstić information content (AvgIpc) is 2.83. The third kappa shape index (κ3) is 3.18. The number of aryl methyl sites for hydroxylation is 1. The molecule has 18 heavy (non-hydrogen) atoms. The minimum Gasteiger partial charge on any atom is -0.490 e. The van der Waals surface area contributed by atoms with Crippen LogP contribution < -0.4 is 10.1 Å². The Bertz CT molecular complexity index is 399. The Morgan fingerprint density at radius 3 is 2.72 bits per heavy atom. The Morgan fingerprint density at radius 1 is 1.39 bits per heavy atom. The van der Waals surface area contributed by atoms with Gasteiger partial charge >= 0.3 is 0 Å². The fourth-order valence-electron chi connectivity index (χ4n) is 2.58. The molecule has 1 aromatic carbocycles. The van der Waals surface area contributed by atoms with Crippen molar-refractivity contribution in [2.24, 2.45) is 11.8 Å². The molecule has 100 valence electrons. The predicted octanol–water partition coefficient (Wildman–Crippen LogP) is 3.66. The molecule has 3 heteroatoms. The molecule has 1 aliphatic rings. The van der Waals surface area contributed by atoms with E-state index in [1.54, 1.807) is 0 Å². The van der Waals surface area contributed by atoms with Gasteiger partial charge in [0, 0.05) is 17.5 Å². The summed E-state index contributed by atoms with van der Waals surface area (Å²) in [5.74, 6) is 2.06. The second-order valence-corrected chi connectivity index (χ2v) is 5.90. The van der Waals surface area contributed by atoms with Crippen LogP contribution in [0.3, 0.4) is 0 Å². The predicted molar refractivity (Wildman–Crippen MR) is 76.4 cm³/mol. The molecule has 1 aromatic rings. The van der Waals surface area contributed by atoms with E-state index in [4.69, 9.17) is 16.3 Å². The van der Waals surface area contributed by atoms with E-state index in [9.17, 15) is 0 Å². The summed E-state index contributed by atoms with van der Waals surface area (Å²) < 4.78 is 6.20. The molecule has 0 aromatic heterocycles. The third-order valence-corrected chi connectivity index (χ3v) is 4.05. The Balaban J connectivity index is 2.10. The lowest BCUT2D eigenvalue weighted by atomic mass is 9.92. The minimum atomic E-state index is 0.278. The van der Waals surface area contributed by atoms with Crippen molar-refractivity contribution in [3.63, 3.8) is 0 Å². The van der Waals surface area contributed by atoms with Gasteiger partial charge in [-0.25, -0.2) is 0 Å². The van der Waals surface area contributed by atoms with Crippen LogP contribution in [0.25, 0.3) is 0 Å². The van der Waals surface area contributed by atoms with Gasteiger partial charge in [-0.1, -0.05) is 25.4 Å². The normalized spacial score (nSPS) is 21.3. The molecule has 2 rings (SSSR count). The van der Waals surface area contributed by atoms with Crippen LogP contribution in [0.4, 0.5) is 0 Å². The zero-order valence-electron chi connectivity index (χ0n) is 11.4. The van der Waals surface area contributed by atoms with E-state index in [1.165, 1.54) is 6.42 Å². The van der Waals surface area contributed by atoms with Crippen LogP contribution >= 0.6 is 11.6 Å². The van der Waals surface area contributed by atoms with E-state index >= 15 is 0 Å². The zero-order chi connectivity index (χ0) is 13.1. The van der Waals surface area contributed by atoms with Gasteiger partial charge in [0.2, 0.25) is 0 Å². The van der Waals surface area contributed by atoms with Gasteiger partial charge in [0.15, 0.2) is 0 Å². The van der Waals surface area contributed by atoms with Gasteiger partial charge in [0.25, 0.3) is 0 Å². The molecular formula is C15H22ClNO. The molecule has 0 spiro atoms. The number of hydrogen-bond donors (Lipinski definition) is 1. The maximum absolute atomic E-state index is 6.20. The van der Waals surface area contributed by atoms with E-state index in [0.29, 0.717) is 11.8 Å². The standard InChI is InChI=1S/C15H22ClNO/c1-10(2)15(12-6-7-17-9-12)18-13-4-5-14(16)11(3)8-13/h4-5,8,10,12,15,17H,6-7,9H2,1-3H3/t12-,15-/m0/s1. The SMILES string of the molecule is Cc1cc(O[C@@H](C(C)C)[C@H]2CCNC2)ccc1Cl. The van der Waals surface area contributed by atoms with E-state index in [-0.39, 0.29) is 6.10 Å². The van der Waals surface area contributed by atoms with Gasteiger partial charge in [-0.2, -0.15) is 0 Å². The van der Waals surface area contributed by atoms with Gasteiger partial charge in [0.1, 0.15) is 11.9 Å². The number of ether oxygens (including phenoxy) is 1. The molecule has 1 saturated heterocycles. The smallest absolute Gasteiger partial charge is 0.120 e. The molecule has 1 N–H and O–H groups in total. The molecule has 1 fully saturated rings. The molecule has 2 atom stereocenters. The molecule has 0 radical (unpaired) electrons. The fourth-order valence-corrected chi connectivity index (χ4v) is 2.70. The first-order valence-electron chi connectivity index (χ1n) is 6.71. The molecule has 1 heterocycles. The van der Waals surface area contributed by atoms with Crippen molar-refractivity contribution in [3.05, 3.63) is 28.8 Å². The summed E-state index contributed by atoms with van der Waals surface area (Å²) >= 11 is 6.04. The molecule has 0 saturated carbocycles. The van der Waals surface area contributed by atoms with Crippen LogP contribution in [0, 0.1) is 18.8 Å². The molecule has 0 unspecified atom stereocenters. The van der Waals surface area contributed by atoms with Crippen molar-refractivity contribution in [1.29, 1.82) is 0 Å². The lowest BCUT2D eigenvalue weighted by Crippen LogP contribution is -2.33. The van der Waals surface area contributed by atoms with E-state index in [0.717, 1.165) is 29.4 Å². The van der Waals surface area contributed by atoms with Gasteiger partial charge in [-0.05, 0) is 49.6 Å². The lowest BCUT2D eigenvalue weighted by Gasteiger charge is -2.28. The quantitative estimate of drug-likeness (QED) is 0.899. The first kappa shape index (κ1) is 13.7. The number of rotatable bonds is 4. The monoisotopic (exact) mass is 267 g/mol. The molecular weight excluding hydrogens is 246 g/mol. The van der Waals surface area contributed by atoms with Crippen LogP contribution in [-0.2, 0) is 0 Å². The second-order valence-electron chi connectivity index (χ2n) is 5.49. The Hall–Kier alpha value is -0.730. The summed E-state index contributed by atoms with van der Waals surface area (Å²) in [6, 6.07) is 5.91. The molecule has 2 nitrogen and oxygen atoms in total. The van der Waals surface area contributed by atoms with Gasteiger partial charge in [0.05, 0.1) is 0 Å². The van der Waals surface area contributed by atoms with E-state index in [2.05, 4.69) is 19.2 Å². The Kier molecular flexibility index (Phi) is 4.52. The summed E-state index contributed by atoms with van der Waals surface area (Å²) in [6.07, 6.45) is 1.48. The van der Waals surface area contributed by atoms with Crippen molar-refractivity contribution in [3.8, 4) is 5.75 Å². The van der Waals surface area contributed by atoms with E-state index in [1.807, 2.05) is 25.1 Å². The number of hydrogen-bond acceptors (Lipinski definition) is 2. The highest BCUT2D eigenvalue weighted by molar-refractivity contribution is 6.31. The Morgan fingerprint density at radius 2 is 2.17 bits per heavy atom. The van der Waals surface area contributed by atoms with Crippen LogP contribution in [0.5, 0.6) is 5.75 Å². The maximum atomic E-state index is 6.20. The molecule has 0 bridgehead atoms. The van der Waals surface area contributed by atoms with Crippen molar-refractivity contribution in [2.45, 2.75) is 33.3 Å². The molecule has 1 aliphatic heterocycles. The van der Waals surface area contributed by atoms with Crippen molar-refractivity contribution < 1.29 is 4.74 Å². The lowest BCUT2D eigenvalue weighted by molar-refractivity contribution is 0.0973. The summed E-state index contributed by atoms with van der Waals surface area (Å²) in [5.41, 5.74) is 1.07. The average molecular weight is 268 g/mol. The number of nitrogens with one attached hydrogen (secondary N) is 1. The second kappa shape index (κ2) is 5.94. The zero-order valence-corrected chi connectivity index (χ0v) is 12.1. The minimum absolute atomic E-state index is 0.278. The first-order valence-corrected chi connectivity index (χ1v) is 7.09. The van der Waals surface area contributed by atoms with E-state index < -0.39 is 0 Å². The summed E-state index contributed by atoms with van der Waals surface area (Å²) in [5, 5.41) is 4.21. The molecule has 0 amide bonds. The van der Waals surface area contributed by atoms with Gasteiger partial charge in [-0.3, -0.25) is 0 Å². The van der Waals surface area contributed by atoms with Crippen molar-refractivity contribution in [1.82, 2.24) is 5.32 Å². The van der Waals surface area contributed by atoms with Crippen molar-refractivity contribution in [2.75, 3.05) is 13.1 Å². The number of benzene rings is 1. The summed E-state index contributed by atoms with van der Waals surface area (Å²) in [6.45, 7) is 8.64.